The molecule has 1 N–H and O–H groups in total. The van der Waals surface area contributed by atoms with E-state index in [9.17, 15) is 8.78 Å². The van der Waals surface area contributed by atoms with Crippen molar-refractivity contribution in [3.63, 3.8) is 0 Å². The Bertz CT molecular complexity index is 523. The van der Waals surface area contributed by atoms with Crippen LogP contribution >= 0.6 is 11.8 Å². The van der Waals surface area contributed by atoms with Gasteiger partial charge in [0.25, 0.3) is 5.76 Å². The highest BCUT2D eigenvalue weighted by Crippen LogP contribution is 2.26. The Hall–Kier alpha value is -1.49. The normalized spacial score (nSPS) is 11.0. The number of hydrogen-bond acceptors (Lipinski definition) is 2. The molecule has 0 fully saturated rings. The molecule has 0 atom stereocenters. The highest BCUT2D eigenvalue weighted by atomic mass is 32.2. The van der Waals surface area contributed by atoms with Gasteiger partial charge in [0.2, 0.25) is 0 Å². The molecule has 0 radical (unpaired) electrons. The zero-order valence-corrected chi connectivity index (χ0v) is 12.2. The summed E-state index contributed by atoms with van der Waals surface area (Å²) >= 11 is 0.567. The van der Waals surface area contributed by atoms with Gasteiger partial charge in [-0.15, -0.1) is 0 Å². The van der Waals surface area contributed by atoms with Gasteiger partial charge in [0.1, 0.15) is 0 Å². The van der Waals surface area contributed by atoms with E-state index in [1.807, 2.05) is 18.2 Å². The van der Waals surface area contributed by atoms with Crippen molar-refractivity contribution in [2.75, 3.05) is 5.32 Å². The standard InChI is InChI=1S/C15H18F2N2S/c1-2-9-19-10-3-4-13(19)11-18-12-5-7-14(8-6-12)20-15(16)17/h3-8,10,15,18H,2,9,11H2,1H3. The lowest BCUT2D eigenvalue weighted by Crippen LogP contribution is -2.06. The van der Waals surface area contributed by atoms with Gasteiger partial charge >= 0.3 is 0 Å². The molecule has 20 heavy (non-hydrogen) atoms. The van der Waals surface area contributed by atoms with Gasteiger partial charge in [0.05, 0.1) is 6.54 Å². The third-order valence-corrected chi connectivity index (χ3v) is 3.66. The summed E-state index contributed by atoms with van der Waals surface area (Å²) in [7, 11) is 0. The molecule has 1 heterocycles. The molecule has 108 valence electrons. The average molecular weight is 296 g/mol. The number of thioether (sulfide) groups is 1. The Morgan fingerprint density at radius 1 is 1.20 bits per heavy atom. The second kappa shape index (κ2) is 7.33. The van der Waals surface area contributed by atoms with E-state index in [4.69, 9.17) is 0 Å². The van der Waals surface area contributed by atoms with Crippen LogP contribution < -0.4 is 5.32 Å². The smallest absolute Gasteiger partial charge is 0.288 e. The number of nitrogens with zero attached hydrogens (tertiary/aromatic N) is 1. The van der Waals surface area contributed by atoms with E-state index in [1.54, 1.807) is 12.1 Å². The van der Waals surface area contributed by atoms with Gasteiger partial charge < -0.3 is 9.88 Å². The second-order valence-electron chi connectivity index (χ2n) is 4.45. The maximum Gasteiger partial charge on any atom is 0.288 e. The monoisotopic (exact) mass is 296 g/mol. The van der Waals surface area contributed by atoms with Crippen molar-refractivity contribution in [2.24, 2.45) is 0 Å². The quantitative estimate of drug-likeness (QED) is 0.737. The Morgan fingerprint density at radius 2 is 1.95 bits per heavy atom. The van der Waals surface area contributed by atoms with Crippen molar-refractivity contribution in [2.45, 2.75) is 37.1 Å². The number of aromatic nitrogens is 1. The minimum Gasteiger partial charge on any atom is -0.379 e. The highest BCUT2D eigenvalue weighted by Gasteiger charge is 2.05. The number of anilines is 1. The molecular weight excluding hydrogens is 278 g/mol. The Morgan fingerprint density at radius 3 is 2.60 bits per heavy atom. The SMILES string of the molecule is CCCn1cccc1CNc1ccc(SC(F)F)cc1. The van der Waals surface area contributed by atoms with Crippen LogP contribution in [0.5, 0.6) is 0 Å². The van der Waals surface area contributed by atoms with Gasteiger partial charge in [0.15, 0.2) is 0 Å². The van der Waals surface area contributed by atoms with Crippen molar-refractivity contribution < 1.29 is 8.78 Å². The minimum atomic E-state index is -2.37. The van der Waals surface area contributed by atoms with E-state index >= 15 is 0 Å². The zero-order valence-electron chi connectivity index (χ0n) is 11.4. The Labute approximate surface area is 122 Å². The molecule has 0 spiro atoms. The largest absolute Gasteiger partial charge is 0.379 e. The van der Waals surface area contributed by atoms with E-state index in [2.05, 4.69) is 29.1 Å². The molecule has 2 nitrogen and oxygen atoms in total. The first-order valence-corrected chi connectivity index (χ1v) is 7.49. The second-order valence-corrected chi connectivity index (χ2v) is 5.51. The molecule has 0 saturated carbocycles. The van der Waals surface area contributed by atoms with Crippen LogP contribution in [0.2, 0.25) is 0 Å². The molecule has 0 aliphatic heterocycles. The van der Waals surface area contributed by atoms with Crippen LogP contribution in [-0.2, 0) is 13.1 Å². The van der Waals surface area contributed by atoms with Crippen molar-refractivity contribution in [3.8, 4) is 0 Å². The predicted octanol–water partition coefficient (Wildman–Crippen LogP) is 4.82. The number of nitrogens with one attached hydrogen (secondary N) is 1. The molecule has 2 rings (SSSR count). The minimum absolute atomic E-state index is 0.567. The van der Waals surface area contributed by atoms with E-state index in [0.717, 1.165) is 25.2 Å². The molecule has 0 bridgehead atoms. The highest BCUT2D eigenvalue weighted by molar-refractivity contribution is 7.99. The van der Waals surface area contributed by atoms with Crippen LogP contribution in [0.15, 0.2) is 47.5 Å². The van der Waals surface area contributed by atoms with Gasteiger partial charge in [-0.1, -0.05) is 18.7 Å². The number of benzene rings is 1. The lowest BCUT2D eigenvalue weighted by molar-refractivity contribution is 0.252. The fraction of sp³-hybridized carbons (Fsp3) is 0.333. The van der Waals surface area contributed by atoms with Gasteiger partial charge in [0, 0.05) is 29.0 Å². The van der Waals surface area contributed by atoms with Crippen LogP contribution in [0.1, 0.15) is 19.0 Å². The summed E-state index contributed by atoms with van der Waals surface area (Å²) in [4.78, 5) is 0.583. The van der Waals surface area contributed by atoms with Gasteiger partial charge in [-0.2, -0.15) is 8.78 Å². The molecule has 1 aromatic carbocycles. The number of aryl methyl sites for hydroxylation is 1. The number of rotatable bonds is 7. The third-order valence-electron chi connectivity index (χ3n) is 2.94. The first kappa shape index (κ1) is 14.9. The lowest BCUT2D eigenvalue weighted by Gasteiger charge is -2.10. The van der Waals surface area contributed by atoms with Crippen LogP contribution in [-0.4, -0.2) is 10.3 Å². The summed E-state index contributed by atoms with van der Waals surface area (Å²) in [5.41, 5.74) is 2.16. The van der Waals surface area contributed by atoms with Gasteiger partial charge in [-0.05, 0) is 42.8 Å². The summed E-state index contributed by atoms with van der Waals surface area (Å²) in [6, 6.07) is 11.2. The molecule has 0 aliphatic rings. The van der Waals surface area contributed by atoms with Gasteiger partial charge in [-0.25, -0.2) is 0 Å². The van der Waals surface area contributed by atoms with Crippen LogP contribution in [0, 0.1) is 0 Å². The fourth-order valence-electron chi connectivity index (χ4n) is 2.02. The van der Waals surface area contributed by atoms with Crippen LogP contribution in [0.3, 0.4) is 0 Å². The maximum absolute atomic E-state index is 12.2. The predicted molar refractivity (Wildman–Crippen MR) is 80.4 cm³/mol. The summed E-state index contributed by atoms with van der Waals surface area (Å²) in [5.74, 6) is -2.37. The van der Waals surface area contributed by atoms with E-state index < -0.39 is 5.76 Å². The van der Waals surface area contributed by atoms with Crippen molar-refractivity contribution in [3.05, 3.63) is 48.3 Å². The van der Waals surface area contributed by atoms with E-state index in [1.165, 1.54) is 5.69 Å². The van der Waals surface area contributed by atoms with Crippen LogP contribution in [0.4, 0.5) is 14.5 Å². The van der Waals surface area contributed by atoms with Crippen molar-refractivity contribution in [1.82, 2.24) is 4.57 Å². The van der Waals surface area contributed by atoms with Gasteiger partial charge in [-0.3, -0.25) is 0 Å². The first-order chi connectivity index (χ1) is 9.69. The molecule has 0 unspecified atom stereocenters. The molecule has 2 aromatic rings. The number of halogens is 2. The maximum atomic E-state index is 12.2. The van der Waals surface area contributed by atoms with Crippen molar-refractivity contribution in [1.29, 1.82) is 0 Å². The summed E-state index contributed by atoms with van der Waals surface area (Å²) in [5, 5.41) is 3.31. The van der Waals surface area contributed by atoms with Crippen molar-refractivity contribution >= 4 is 17.4 Å². The fourth-order valence-corrected chi connectivity index (χ4v) is 2.51. The zero-order chi connectivity index (χ0) is 14.4. The molecular formula is C15H18F2N2S. The molecule has 0 amide bonds. The average Bonchev–Trinajstić information content (AvgIpc) is 2.85. The molecule has 0 saturated heterocycles. The Kier molecular flexibility index (Phi) is 5.47. The summed E-state index contributed by atoms with van der Waals surface area (Å²) < 4.78 is 26.6. The third kappa shape index (κ3) is 4.27. The molecule has 1 aromatic heterocycles. The topological polar surface area (TPSA) is 17.0 Å². The van der Waals surface area contributed by atoms with E-state index in [0.29, 0.717) is 16.7 Å². The number of hydrogen-bond donors (Lipinski definition) is 1. The number of alkyl halides is 2. The van der Waals surface area contributed by atoms with E-state index in [-0.39, 0.29) is 0 Å². The molecule has 5 heteroatoms. The lowest BCUT2D eigenvalue weighted by atomic mass is 10.3. The summed E-state index contributed by atoms with van der Waals surface area (Å²) in [6.07, 6.45) is 3.17. The first-order valence-electron chi connectivity index (χ1n) is 6.62. The molecule has 0 aliphatic carbocycles. The Balaban J connectivity index is 1.92. The summed E-state index contributed by atoms with van der Waals surface area (Å²) in [6.45, 7) is 3.89. The van der Waals surface area contributed by atoms with Crippen LogP contribution in [0.25, 0.3) is 0 Å².